The van der Waals surface area contributed by atoms with Crippen LogP contribution in [0, 0.1) is 0 Å². The summed E-state index contributed by atoms with van der Waals surface area (Å²) in [4.78, 5) is 8.56. The highest BCUT2D eigenvalue weighted by Gasteiger charge is 1.96. The van der Waals surface area contributed by atoms with E-state index in [4.69, 9.17) is 0 Å². The van der Waals surface area contributed by atoms with Gasteiger partial charge in [-0.3, -0.25) is 9.98 Å². The number of hydrogen-bond donors (Lipinski definition) is 1. The van der Waals surface area contributed by atoms with Crippen LogP contribution in [0.25, 0.3) is 0 Å². The van der Waals surface area contributed by atoms with Crippen molar-refractivity contribution in [2.24, 2.45) is 9.98 Å². The van der Waals surface area contributed by atoms with Crippen molar-refractivity contribution in [2.75, 3.05) is 6.54 Å². The normalized spacial score (nSPS) is 12.9. The van der Waals surface area contributed by atoms with Gasteiger partial charge in [0.2, 0.25) is 0 Å². The van der Waals surface area contributed by atoms with Crippen LogP contribution >= 0.6 is 0 Å². The summed E-state index contributed by atoms with van der Waals surface area (Å²) in [7, 11) is 0. The van der Waals surface area contributed by atoms with Crippen molar-refractivity contribution in [1.82, 2.24) is 5.32 Å². The van der Waals surface area contributed by atoms with Gasteiger partial charge in [0.1, 0.15) is 6.17 Å². The van der Waals surface area contributed by atoms with Crippen LogP contribution in [0.2, 0.25) is 0 Å². The van der Waals surface area contributed by atoms with E-state index in [9.17, 15) is 0 Å². The summed E-state index contributed by atoms with van der Waals surface area (Å²) in [6.07, 6.45) is 3.95. The fourth-order valence-corrected chi connectivity index (χ4v) is 0.996. The molecule has 0 heterocycles. The quantitative estimate of drug-likeness (QED) is 0.497. The van der Waals surface area contributed by atoms with Crippen molar-refractivity contribution in [2.45, 2.75) is 46.7 Å². The van der Waals surface area contributed by atoms with Gasteiger partial charge in [0, 0.05) is 12.3 Å². The molecule has 0 aliphatic rings. The zero-order valence-corrected chi connectivity index (χ0v) is 9.17. The minimum atomic E-state index is 0.144. The second-order valence-corrected chi connectivity index (χ2v) is 2.87. The summed E-state index contributed by atoms with van der Waals surface area (Å²) < 4.78 is 0. The summed E-state index contributed by atoms with van der Waals surface area (Å²) in [5.41, 5.74) is 1.25. The van der Waals surface area contributed by atoms with E-state index >= 15 is 0 Å². The Hall–Kier alpha value is -0.860. The molecule has 1 unspecified atom stereocenters. The standard InChI is InChI=1S/C10H21N3/c1-5-10(6-2)13-9(4)12-8-11-7-3/h8-9H,5-7H2,1-4H3,(H,11,12). The number of aliphatic imine (C=N–C) groups is 2. The lowest BCUT2D eigenvalue weighted by Gasteiger charge is -2.08. The molecule has 0 aliphatic heterocycles. The predicted octanol–water partition coefficient (Wildman–Crippen LogP) is 2.23. The highest BCUT2D eigenvalue weighted by atomic mass is 15.1. The molecule has 13 heavy (non-hydrogen) atoms. The van der Waals surface area contributed by atoms with E-state index in [1.807, 2.05) is 13.8 Å². The zero-order valence-electron chi connectivity index (χ0n) is 9.17. The van der Waals surface area contributed by atoms with Crippen LogP contribution in [0.5, 0.6) is 0 Å². The number of nitrogens with zero attached hydrogens (tertiary/aromatic N) is 2. The third kappa shape index (κ3) is 6.31. The maximum absolute atomic E-state index is 4.50. The Morgan fingerprint density at radius 2 is 1.92 bits per heavy atom. The van der Waals surface area contributed by atoms with Gasteiger partial charge >= 0.3 is 0 Å². The molecule has 0 rings (SSSR count). The molecule has 0 spiro atoms. The van der Waals surface area contributed by atoms with Gasteiger partial charge in [-0.2, -0.15) is 0 Å². The lowest BCUT2D eigenvalue weighted by atomic mass is 10.2. The van der Waals surface area contributed by atoms with Crippen molar-refractivity contribution < 1.29 is 0 Å². The highest BCUT2D eigenvalue weighted by molar-refractivity contribution is 5.84. The molecule has 3 nitrogen and oxygen atoms in total. The smallest absolute Gasteiger partial charge is 0.116 e. The Morgan fingerprint density at radius 1 is 1.31 bits per heavy atom. The first kappa shape index (κ1) is 12.1. The van der Waals surface area contributed by atoms with Crippen LogP contribution in [0.1, 0.15) is 40.5 Å². The zero-order chi connectivity index (χ0) is 10.1. The summed E-state index contributed by atoms with van der Waals surface area (Å²) >= 11 is 0. The van der Waals surface area contributed by atoms with Gasteiger partial charge in [0.05, 0.1) is 6.34 Å². The van der Waals surface area contributed by atoms with Crippen molar-refractivity contribution >= 4 is 12.1 Å². The first-order chi connectivity index (χ1) is 6.24. The molecule has 3 heteroatoms. The van der Waals surface area contributed by atoms with Crippen molar-refractivity contribution in [3.05, 3.63) is 0 Å². The topological polar surface area (TPSA) is 36.8 Å². The lowest BCUT2D eigenvalue weighted by molar-refractivity contribution is 0.703. The van der Waals surface area contributed by atoms with Crippen molar-refractivity contribution in [1.29, 1.82) is 0 Å². The lowest BCUT2D eigenvalue weighted by Crippen LogP contribution is -2.23. The fourth-order valence-electron chi connectivity index (χ4n) is 0.996. The average molecular weight is 183 g/mol. The van der Waals surface area contributed by atoms with Crippen LogP contribution in [0.15, 0.2) is 9.98 Å². The van der Waals surface area contributed by atoms with E-state index in [0.29, 0.717) is 0 Å². The molecule has 0 bridgehead atoms. The second kappa shape index (κ2) is 7.77. The van der Waals surface area contributed by atoms with Gasteiger partial charge in [-0.1, -0.05) is 13.8 Å². The first-order valence-electron chi connectivity index (χ1n) is 5.04. The highest BCUT2D eigenvalue weighted by Crippen LogP contribution is 1.94. The number of hydrogen-bond acceptors (Lipinski definition) is 2. The van der Waals surface area contributed by atoms with Crippen LogP contribution in [0.4, 0.5) is 0 Å². The van der Waals surface area contributed by atoms with E-state index in [-0.39, 0.29) is 6.17 Å². The van der Waals surface area contributed by atoms with Gasteiger partial charge < -0.3 is 5.32 Å². The number of rotatable bonds is 6. The Morgan fingerprint density at radius 3 is 2.38 bits per heavy atom. The molecule has 0 aliphatic carbocycles. The molecule has 0 saturated carbocycles. The van der Waals surface area contributed by atoms with E-state index in [1.54, 1.807) is 6.34 Å². The molecule has 0 aromatic heterocycles. The molecular weight excluding hydrogens is 162 g/mol. The molecule has 0 radical (unpaired) electrons. The van der Waals surface area contributed by atoms with Gasteiger partial charge in [0.25, 0.3) is 0 Å². The van der Waals surface area contributed by atoms with Crippen LogP contribution in [-0.2, 0) is 0 Å². The average Bonchev–Trinajstić information content (AvgIpc) is 2.14. The summed E-state index contributed by atoms with van der Waals surface area (Å²) in [5.74, 6) is 0. The van der Waals surface area contributed by atoms with Crippen LogP contribution < -0.4 is 5.32 Å². The van der Waals surface area contributed by atoms with E-state index < -0.39 is 0 Å². The molecule has 1 N–H and O–H groups in total. The molecule has 0 amide bonds. The minimum Gasteiger partial charge on any atom is -0.355 e. The van der Waals surface area contributed by atoms with E-state index in [1.165, 1.54) is 5.71 Å². The van der Waals surface area contributed by atoms with Gasteiger partial charge in [0.15, 0.2) is 0 Å². The van der Waals surface area contributed by atoms with Crippen LogP contribution in [-0.4, -0.2) is 24.8 Å². The monoisotopic (exact) mass is 183 g/mol. The Bertz CT molecular complexity index is 167. The van der Waals surface area contributed by atoms with Gasteiger partial charge in [-0.15, -0.1) is 0 Å². The van der Waals surface area contributed by atoms with E-state index in [2.05, 4.69) is 29.1 Å². The summed E-state index contributed by atoms with van der Waals surface area (Å²) in [6, 6.07) is 0. The molecule has 0 saturated heterocycles. The van der Waals surface area contributed by atoms with Crippen molar-refractivity contribution in [3.63, 3.8) is 0 Å². The maximum atomic E-state index is 4.50. The molecule has 1 atom stereocenters. The molecular formula is C10H21N3. The molecule has 0 fully saturated rings. The third-order valence-corrected chi connectivity index (χ3v) is 1.78. The van der Waals surface area contributed by atoms with E-state index in [0.717, 1.165) is 19.4 Å². The predicted molar refractivity (Wildman–Crippen MR) is 59.6 cm³/mol. The molecule has 76 valence electrons. The Labute approximate surface area is 81.4 Å². The van der Waals surface area contributed by atoms with Gasteiger partial charge in [-0.25, -0.2) is 0 Å². The molecule has 0 aromatic rings. The summed E-state index contributed by atoms with van der Waals surface area (Å²) in [5, 5.41) is 3.10. The maximum Gasteiger partial charge on any atom is 0.116 e. The Balaban J connectivity index is 3.89. The largest absolute Gasteiger partial charge is 0.355 e. The molecule has 0 aromatic carbocycles. The minimum absolute atomic E-state index is 0.144. The van der Waals surface area contributed by atoms with Crippen LogP contribution in [0.3, 0.4) is 0 Å². The first-order valence-corrected chi connectivity index (χ1v) is 5.04. The Kier molecular flexibility index (Phi) is 7.26. The van der Waals surface area contributed by atoms with Crippen molar-refractivity contribution in [3.8, 4) is 0 Å². The second-order valence-electron chi connectivity index (χ2n) is 2.87. The fraction of sp³-hybridized carbons (Fsp3) is 0.800. The third-order valence-electron chi connectivity index (χ3n) is 1.78. The van der Waals surface area contributed by atoms with Gasteiger partial charge in [-0.05, 0) is 26.7 Å². The SMILES string of the molecule is CCN=CNC(C)N=C(CC)CC. The summed E-state index contributed by atoms with van der Waals surface area (Å²) in [6.45, 7) is 9.13. The number of nitrogens with one attached hydrogen (secondary N) is 1.